The molecule has 0 saturated carbocycles. The van der Waals surface area contributed by atoms with E-state index in [1.807, 2.05) is 13.0 Å². The van der Waals surface area contributed by atoms with Crippen LogP contribution in [-0.2, 0) is 4.79 Å². The third-order valence-corrected chi connectivity index (χ3v) is 6.31. The Bertz CT molecular complexity index is 904. The Morgan fingerprint density at radius 1 is 1.34 bits per heavy atom. The maximum atomic E-state index is 14.0. The van der Waals surface area contributed by atoms with Crippen molar-refractivity contribution in [3.05, 3.63) is 36.0 Å². The van der Waals surface area contributed by atoms with Crippen LogP contribution in [-0.4, -0.2) is 49.0 Å². The molecular formula is C22H28F2N4O. The lowest BCUT2D eigenvalue weighted by atomic mass is 9.90. The molecule has 3 heterocycles. The van der Waals surface area contributed by atoms with E-state index in [9.17, 15) is 13.6 Å². The number of fused-ring (bicyclic) bond motifs is 1. The molecule has 1 amide bonds. The third-order valence-electron chi connectivity index (χ3n) is 6.31. The van der Waals surface area contributed by atoms with Gasteiger partial charge in [0, 0.05) is 42.7 Å². The van der Waals surface area contributed by atoms with Crippen LogP contribution in [0.4, 0.5) is 14.5 Å². The number of hydrogen-bond acceptors (Lipinski definition) is 4. The van der Waals surface area contributed by atoms with Gasteiger partial charge in [-0.3, -0.25) is 9.78 Å². The molecule has 0 radical (unpaired) electrons. The Balaban J connectivity index is 1.44. The number of benzene rings is 1. The highest BCUT2D eigenvalue weighted by Gasteiger charge is 2.43. The number of halogens is 2. The van der Waals surface area contributed by atoms with E-state index in [-0.39, 0.29) is 30.8 Å². The molecule has 7 heteroatoms. The molecule has 156 valence electrons. The number of carbonyl (C=O) groups is 1. The number of carbonyl (C=O) groups excluding carboxylic acids is 1. The summed E-state index contributed by atoms with van der Waals surface area (Å²) in [6.45, 7) is 5.82. The van der Waals surface area contributed by atoms with E-state index in [2.05, 4.69) is 45.6 Å². The second kappa shape index (κ2) is 7.86. The third kappa shape index (κ3) is 4.06. The van der Waals surface area contributed by atoms with Crippen molar-refractivity contribution in [3.8, 4) is 0 Å². The molecule has 2 unspecified atom stereocenters. The van der Waals surface area contributed by atoms with E-state index in [0.29, 0.717) is 19.5 Å². The predicted octanol–water partition coefficient (Wildman–Crippen LogP) is 3.12. The summed E-state index contributed by atoms with van der Waals surface area (Å²) >= 11 is 0. The van der Waals surface area contributed by atoms with Crippen molar-refractivity contribution in [3.63, 3.8) is 0 Å². The summed E-state index contributed by atoms with van der Waals surface area (Å²) in [5.41, 5.74) is 3.22. The van der Waals surface area contributed by atoms with Crippen LogP contribution in [0.3, 0.4) is 0 Å². The SMILES string of the molecule is Cc1ccc(N2CC(NC(=O)CC3CCNCC3(F)F)[C@H](C)C2)c2cccnc12. The van der Waals surface area contributed by atoms with Gasteiger partial charge in [0.2, 0.25) is 5.91 Å². The lowest BCUT2D eigenvalue weighted by Crippen LogP contribution is -2.48. The van der Waals surface area contributed by atoms with Crippen molar-refractivity contribution in [2.75, 3.05) is 31.1 Å². The highest BCUT2D eigenvalue weighted by atomic mass is 19.3. The van der Waals surface area contributed by atoms with Gasteiger partial charge in [0.15, 0.2) is 0 Å². The standard InChI is InChI=1S/C22H28F2N4O/c1-14-5-6-19(17-4-3-8-26-21(14)17)28-11-15(2)18(12-28)27-20(29)10-16-7-9-25-13-22(16,23)24/h3-6,8,15-16,18,25H,7,9-13H2,1-2H3,(H,27,29)/t15-,16?,18?/m1/s1. The number of hydrogen-bond donors (Lipinski definition) is 2. The molecule has 2 aliphatic heterocycles. The Hall–Kier alpha value is -2.28. The summed E-state index contributed by atoms with van der Waals surface area (Å²) in [6, 6.07) is 8.13. The molecule has 0 aliphatic carbocycles. The molecule has 2 fully saturated rings. The van der Waals surface area contributed by atoms with E-state index in [1.165, 1.54) is 0 Å². The van der Waals surface area contributed by atoms with Gasteiger partial charge in [-0.25, -0.2) is 8.78 Å². The van der Waals surface area contributed by atoms with E-state index < -0.39 is 11.8 Å². The zero-order valence-electron chi connectivity index (χ0n) is 16.9. The Morgan fingerprint density at radius 2 is 2.17 bits per heavy atom. The van der Waals surface area contributed by atoms with E-state index in [0.717, 1.165) is 28.7 Å². The number of alkyl halides is 2. The van der Waals surface area contributed by atoms with Crippen LogP contribution in [0.25, 0.3) is 10.9 Å². The van der Waals surface area contributed by atoms with E-state index in [4.69, 9.17) is 0 Å². The molecule has 2 saturated heterocycles. The van der Waals surface area contributed by atoms with Gasteiger partial charge in [-0.1, -0.05) is 13.0 Å². The average Bonchev–Trinajstić information content (AvgIpc) is 3.04. The fourth-order valence-electron chi connectivity index (χ4n) is 4.55. The van der Waals surface area contributed by atoms with Crippen LogP contribution in [0.15, 0.2) is 30.5 Å². The van der Waals surface area contributed by atoms with Crippen LogP contribution >= 0.6 is 0 Å². The van der Waals surface area contributed by atoms with Gasteiger partial charge in [-0.05, 0) is 49.6 Å². The van der Waals surface area contributed by atoms with E-state index >= 15 is 0 Å². The second-order valence-electron chi connectivity index (χ2n) is 8.48. The molecule has 2 aromatic rings. The Morgan fingerprint density at radius 3 is 2.97 bits per heavy atom. The molecule has 4 rings (SSSR count). The number of pyridine rings is 1. The maximum absolute atomic E-state index is 14.0. The number of piperidine rings is 1. The first kappa shape index (κ1) is 20.0. The number of nitrogens with zero attached hydrogens (tertiary/aromatic N) is 2. The van der Waals surface area contributed by atoms with Crippen molar-refractivity contribution in [2.45, 2.75) is 38.7 Å². The molecule has 2 aliphatic rings. The van der Waals surface area contributed by atoms with Gasteiger partial charge in [0.1, 0.15) is 0 Å². The zero-order chi connectivity index (χ0) is 20.6. The van der Waals surface area contributed by atoms with Crippen molar-refractivity contribution in [2.24, 2.45) is 11.8 Å². The summed E-state index contributed by atoms with van der Waals surface area (Å²) in [4.78, 5) is 19.3. The molecule has 0 spiro atoms. The summed E-state index contributed by atoms with van der Waals surface area (Å²) < 4.78 is 28.1. The summed E-state index contributed by atoms with van der Waals surface area (Å²) in [7, 11) is 0. The largest absolute Gasteiger partial charge is 0.369 e. The first-order chi connectivity index (χ1) is 13.8. The molecule has 1 aromatic heterocycles. The lowest BCUT2D eigenvalue weighted by molar-refractivity contribution is -0.129. The van der Waals surface area contributed by atoms with Gasteiger partial charge >= 0.3 is 0 Å². The topological polar surface area (TPSA) is 57.3 Å². The maximum Gasteiger partial charge on any atom is 0.263 e. The summed E-state index contributed by atoms with van der Waals surface area (Å²) in [5, 5.41) is 6.83. The number of aromatic nitrogens is 1. The van der Waals surface area contributed by atoms with Crippen molar-refractivity contribution >= 4 is 22.5 Å². The smallest absolute Gasteiger partial charge is 0.263 e. The molecule has 3 atom stereocenters. The van der Waals surface area contributed by atoms with Crippen LogP contribution in [0.5, 0.6) is 0 Å². The summed E-state index contributed by atoms with van der Waals surface area (Å²) in [5.74, 6) is -3.74. The second-order valence-corrected chi connectivity index (χ2v) is 8.48. The van der Waals surface area contributed by atoms with Crippen LogP contribution in [0.2, 0.25) is 0 Å². The van der Waals surface area contributed by atoms with Crippen molar-refractivity contribution < 1.29 is 13.6 Å². The van der Waals surface area contributed by atoms with Crippen LogP contribution in [0, 0.1) is 18.8 Å². The lowest BCUT2D eigenvalue weighted by Gasteiger charge is -2.31. The van der Waals surface area contributed by atoms with Crippen LogP contribution < -0.4 is 15.5 Å². The first-order valence-corrected chi connectivity index (χ1v) is 10.3. The number of anilines is 1. The highest BCUT2D eigenvalue weighted by Crippen LogP contribution is 2.33. The van der Waals surface area contributed by atoms with Gasteiger partial charge in [0.25, 0.3) is 5.92 Å². The Kier molecular flexibility index (Phi) is 5.42. The molecule has 2 N–H and O–H groups in total. The number of nitrogens with one attached hydrogen (secondary N) is 2. The van der Waals surface area contributed by atoms with Gasteiger partial charge in [0.05, 0.1) is 18.1 Å². The summed E-state index contributed by atoms with van der Waals surface area (Å²) in [6.07, 6.45) is 2.01. The van der Waals surface area contributed by atoms with Crippen molar-refractivity contribution in [1.82, 2.24) is 15.6 Å². The van der Waals surface area contributed by atoms with Crippen molar-refractivity contribution in [1.29, 1.82) is 0 Å². The molecule has 0 bridgehead atoms. The fraction of sp³-hybridized carbons (Fsp3) is 0.545. The van der Waals surface area contributed by atoms with Crippen LogP contribution in [0.1, 0.15) is 25.3 Å². The minimum absolute atomic E-state index is 0.0501. The van der Waals surface area contributed by atoms with Gasteiger partial charge < -0.3 is 15.5 Å². The van der Waals surface area contributed by atoms with Gasteiger partial charge in [-0.15, -0.1) is 0 Å². The first-order valence-electron chi connectivity index (χ1n) is 10.3. The van der Waals surface area contributed by atoms with E-state index in [1.54, 1.807) is 6.20 Å². The fourth-order valence-corrected chi connectivity index (χ4v) is 4.55. The number of amides is 1. The normalized spacial score (nSPS) is 26.6. The quantitative estimate of drug-likeness (QED) is 0.825. The zero-order valence-corrected chi connectivity index (χ0v) is 16.9. The minimum atomic E-state index is -2.82. The Labute approximate surface area is 169 Å². The average molecular weight is 402 g/mol. The molecule has 29 heavy (non-hydrogen) atoms. The van der Waals surface area contributed by atoms with Gasteiger partial charge in [-0.2, -0.15) is 0 Å². The highest BCUT2D eigenvalue weighted by molar-refractivity contribution is 5.94. The number of aryl methyl sites for hydroxylation is 1. The predicted molar refractivity (Wildman–Crippen MR) is 110 cm³/mol. The number of rotatable bonds is 4. The molecular weight excluding hydrogens is 374 g/mol. The minimum Gasteiger partial charge on any atom is -0.369 e. The monoisotopic (exact) mass is 402 g/mol. The molecule has 5 nitrogen and oxygen atoms in total. The molecule has 1 aromatic carbocycles.